The van der Waals surface area contributed by atoms with Gasteiger partial charge in [-0.25, -0.2) is 0 Å². The molecule has 294 valence electrons. The summed E-state index contributed by atoms with van der Waals surface area (Å²) in [5, 5.41) is 39.3. The van der Waals surface area contributed by atoms with Crippen LogP contribution in [0.2, 0.25) is 0 Å². The van der Waals surface area contributed by atoms with Crippen LogP contribution in [0, 0.1) is 0 Å². The molecule has 0 bridgehead atoms. The molecule has 0 aliphatic heterocycles. The standard InChI is InChI=1S/C40H86N2O4.2BrH/c1-3-5-7-9-11-13-15-17-21-25-29-41(33-37-43,34-38-44)31-27-23-19-20-24-28-32-42(35-39-45,36-40-46)30-26-22-18-16-14-12-10-8-6-4-2;;/h43-46H,3-40H2,1-2H3;2*1H/q+2;;/p-2. The molecule has 4 N–H and O–H groups in total. The van der Waals surface area contributed by atoms with E-state index in [0.717, 1.165) is 61.3 Å². The van der Waals surface area contributed by atoms with Gasteiger partial charge in [-0.05, 0) is 51.4 Å². The molecule has 0 aliphatic rings. The lowest BCUT2D eigenvalue weighted by molar-refractivity contribution is -0.929. The number of quaternary nitrogens is 2. The molecule has 0 rings (SSSR count). The maximum atomic E-state index is 9.84. The fourth-order valence-electron chi connectivity index (χ4n) is 7.66. The maximum absolute atomic E-state index is 9.84. The number of hydrogen-bond acceptors (Lipinski definition) is 4. The quantitative estimate of drug-likeness (QED) is 0.0569. The zero-order chi connectivity index (χ0) is 33.9. The van der Waals surface area contributed by atoms with E-state index in [4.69, 9.17) is 0 Å². The van der Waals surface area contributed by atoms with Gasteiger partial charge in [0.25, 0.3) is 0 Å². The minimum Gasteiger partial charge on any atom is -1.00 e. The Hall–Kier alpha value is 0.720. The topological polar surface area (TPSA) is 80.9 Å². The molecule has 0 aromatic heterocycles. The van der Waals surface area contributed by atoms with Crippen molar-refractivity contribution in [2.24, 2.45) is 0 Å². The molecule has 0 fully saturated rings. The molecule has 0 aromatic rings. The Bertz CT molecular complexity index is 542. The number of aliphatic hydroxyl groups is 4. The summed E-state index contributed by atoms with van der Waals surface area (Å²) < 4.78 is 1.76. The third kappa shape index (κ3) is 31.5. The van der Waals surface area contributed by atoms with Gasteiger partial charge in [-0.15, -0.1) is 0 Å². The maximum Gasteiger partial charge on any atom is 0.102 e. The van der Waals surface area contributed by atoms with Gasteiger partial charge >= 0.3 is 0 Å². The zero-order valence-electron chi connectivity index (χ0n) is 32.3. The molecular formula is C40H86Br2N2O4. The second-order valence-electron chi connectivity index (χ2n) is 14.9. The molecule has 0 unspecified atom stereocenters. The molecule has 0 saturated heterocycles. The van der Waals surface area contributed by atoms with Crippen molar-refractivity contribution in [2.45, 2.75) is 181 Å². The molecule has 0 atom stereocenters. The first-order valence-corrected chi connectivity index (χ1v) is 20.7. The predicted octanol–water partition coefficient (Wildman–Crippen LogP) is 2.78. The molecule has 0 aliphatic carbocycles. The number of halogens is 2. The SMILES string of the molecule is CCCCCCCCCCCC[N+](CCO)(CCO)CCCCCCCC[N+](CCO)(CCO)CCCCCCCCCCCC.[Br-].[Br-]. The average Bonchev–Trinajstić information content (AvgIpc) is 3.04. The molecule has 0 radical (unpaired) electrons. The second kappa shape index (κ2) is 40.5. The van der Waals surface area contributed by atoms with Gasteiger partial charge in [-0.3, -0.25) is 0 Å². The van der Waals surface area contributed by atoms with Crippen LogP contribution in [0.1, 0.15) is 181 Å². The molecule has 0 saturated carbocycles. The lowest BCUT2D eigenvalue weighted by atomic mass is 10.1. The Morgan fingerprint density at radius 2 is 0.417 bits per heavy atom. The largest absolute Gasteiger partial charge is 1.00 e. The van der Waals surface area contributed by atoms with Crippen molar-refractivity contribution in [1.29, 1.82) is 0 Å². The number of aliphatic hydroxyl groups excluding tert-OH is 4. The van der Waals surface area contributed by atoms with Crippen LogP contribution < -0.4 is 34.0 Å². The fourth-order valence-corrected chi connectivity index (χ4v) is 7.66. The van der Waals surface area contributed by atoms with E-state index >= 15 is 0 Å². The summed E-state index contributed by atoms with van der Waals surface area (Å²) in [6, 6.07) is 0. The van der Waals surface area contributed by atoms with Crippen LogP contribution in [-0.4, -0.2) is 108 Å². The van der Waals surface area contributed by atoms with E-state index in [9.17, 15) is 20.4 Å². The van der Waals surface area contributed by atoms with Gasteiger partial charge in [0.05, 0.1) is 52.6 Å². The van der Waals surface area contributed by atoms with Crippen molar-refractivity contribution < 1.29 is 63.4 Å². The van der Waals surface area contributed by atoms with Crippen molar-refractivity contribution in [2.75, 3.05) is 78.8 Å². The molecule has 48 heavy (non-hydrogen) atoms. The minimum atomic E-state index is 0. The number of unbranched alkanes of at least 4 members (excludes halogenated alkanes) is 23. The average molecular weight is 819 g/mol. The van der Waals surface area contributed by atoms with Crippen LogP contribution in [0.4, 0.5) is 0 Å². The lowest BCUT2D eigenvalue weighted by Crippen LogP contribution is -3.00. The van der Waals surface area contributed by atoms with Crippen LogP contribution >= 0.6 is 0 Å². The highest BCUT2D eigenvalue weighted by atomic mass is 79.9. The zero-order valence-corrected chi connectivity index (χ0v) is 35.5. The van der Waals surface area contributed by atoms with E-state index in [0.29, 0.717) is 0 Å². The molecule has 0 heterocycles. The van der Waals surface area contributed by atoms with Gasteiger partial charge in [0.1, 0.15) is 26.2 Å². The van der Waals surface area contributed by atoms with Gasteiger partial charge in [0.2, 0.25) is 0 Å². The van der Waals surface area contributed by atoms with Crippen molar-refractivity contribution >= 4 is 0 Å². The summed E-state index contributed by atoms with van der Waals surface area (Å²) in [6.07, 6.45) is 34.1. The molecule has 0 aromatic carbocycles. The summed E-state index contributed by atoms with van der Waals surface area (Å²) in [4.78, 5) is 0. The smallest absolute Gasteiger partial charge is 0.102 e. The first-order chi connectivity index (χ1) is 22.6. The number of nitrogens with zero attached hydrogens (tertiary/aromatic N) is 2. The summed E-state index contributed by atoms with van der Waals surface area (Å²) in [5.74, 6) is 0. The molecule has 6 nitrogen and oxygen atoms in total. The van der Waals surface area contributed by atoms with Gasteiger partial charge in [0, 0.05) is 0 Å². The Balaban J connectivity index is -0.0000101. The third-order valence-electron chi connectivity index (χ3n) is 10.8. The van der Waals surface area contributed by atoms with Gasteiger partial charge in [-0.1, -0.05) is 129 Å². The van der Waals surface area contributed by atoms with E-state index in [1.807, 2.05) is 0 Å². The first-order valence-electron chi connectivity index (χ1n) is 20.7. The monoisotopic (exact) mass is 816 g/mol. The fraction of sp³-hybridized carbons (Fsp3) is 1.00. The van der Waals surface area contributed by atoms with Crippen LogP contribution in [-0.2, 0) is 0 Å². The van der Waals surface area contributed by atoms with E-state index in [1.165, 1.54) is 167 Å². The first kappa shape index (κ1) is 53.1. The summed E-state index contributed by atoms with van der Waals surface area (Å²) in [5.41, 5.74) is 0. The van der Waals surface area contributed by atoms with E-state index in [2.05, 4.69) is 13.8 Å². The van der Waals surface area contributed by atoms with Crippen molar-refractivity contribution in [3.8, 4) is 0 Å². The van der Waals surface area contributed by atoms with Crippen LogP contribution in [0.3, 0.4) is 0 Å². The number of rotatable bonds is 39. The van der Waals surface area contributed by atoms with Crippen LogP contribution in [0.5, 0.6) is 0 Å². The van der Waals surface area contributed by atoms with E-state index in [1.54, 1.807) is 0 Å². The second-order valence-corrected chi connectivity index (χ2v) is 14.9. The Labute approximate surface area is 321 Å². The van der Waals surface area contributed by atoms with Crippen molar-refractivity contribution in [3.63, 3.8) is 0 Å². The molecule has 8 heteroatoms. The van der Waals surface area contributed by atoms with Gasteiger partial charge in [-0.2, -0.15) is 0 Å². The molecule has 0 amide bonds. The Morgan fingerprint density at radius 3 is 0.583 bits per heavy atom. The highest BCUT2D eigenvalue weighted by Gasteiger charge is 2.26. The highest BCUT2D eigenvalue weighted by molar-refractivity contribution is 4.55. The van der Waals surface area contributed by atoms with Crippen molar-refractivity contribution in [1.82, 2.24) is 0 Å². The molecular weight excluding hydrogens is 732 g/mol. The van der Waals surface area contributed by atoms with E-state index in [-0.39, 0.29) is 60.4 Å². The van der Waals surface area contributed by atoms with Gasteiger partial charge in [0.15, 0.2) is 0 Å². The predicted molar refractivity (Wildman–Crippen MR) is 199 cm³/mol. The lowest BCUT2D eigenvalue weighted by Gasteiger charge is -2.38. The molecule has 0 spiro atoms. The van der Waals surface area contributed by atoms with Crippen molar-refractivity contribution in [3.05, 3.63) is 0 Å². The summed E-state index contributed by atoms with van der Waals surface area (Å²) in [6.45, 7) is 12.8. The summed E-state index contributed by atoms with van der Waals surface area (Å²) in [7, 11) is 0. The Morgan fingerprint density at radius 1 is 0.250 bits per heavy atom. The van der Waals surface area contributed by atoms with E-state index < -0.39 is 0 Å². The highest BCUT2D eigenvalue weighted by Crippen LogP contribution is 2.19. The van der Waals surface area contributed by atoms with Crippen LogP contribution in [0.15, 0.2) is 0 Å². The third-order valence-corrected chi connectivity index (χ3v) is 10.8. The summed E-state index contributed by atoms with van der Waals surface area (Å²) >= 11 is 0. The normalized spacial score (nSPS) is 11.9. The number of hydrogen-bond donors (Lipinski definition) is 4. The minimum absolute atomic E-state index is 0. The Kier molecular flexibility index (Phi) is 44.8. The van der Waals surface area contributed by atoms with Gasteiger partial charge < -0.3 is 63.4 Å². The van der Waals surface area contributed by atoms with Crippen LogP contribution in [0.25, 0.3) is 0 Å².